The number of fused-ring (bicyclic) bond motifs is 1. The summed E-state index contributed by atoms with van der Waals surface area (Å²) in [4.78, 5) is 25.9. The molecule has 1 aromatic heterocycles. The van der Waals surface area contributed by atoms with Crippen molar-refractivity contribution in [1.29, 1.82) is 0 Å². The van der Waals surface area contributed by atoms with E-state index in [-0.39, 0.29) is 21.2 Å². The van der Waals surface area contributed by atoms with Gasteiger partial charge < -0.3 is 5.32 Å². The molecule has 38 heavy (non-hydrogen) atoms. The lowest BCUT2D eigenvalue weighted by Gasteiger charge is -2.11. The zero-order valence-electron chi connectivity index (χ0n) is 20.5. The van der Waals surface area contributed by atoms with E-state index in [0.29, 0.717) is 17.1 Å². The van der Waals surface area contributed by atoms with Gasteiger partial charge in [0, 0.05) is 18.3 Å². The van der Waals surface area contributed by atoms with Gasteiger partial charge in [0.1, 0.15) is 10.6 Å². The lowest BCUT2D eigenvalue weighted by atomic mass is 10.1. The number of rotatable bonds is 6. The van der Waals surface area contributed by atoms with Crippen LogP contribution in [0.4, 0.5) is 11.4 Å². The molecule has 0 saturated heterocycles. The molecule has 0 spiro atoms. The van der Waals surface area contributed by atoms with Crippen LogP contribution in [0.5, 0.6) is 0 Å². The Bertz CT molecular complexity index is 1860. The van der Waals surface area contributed by atoms with Crippen LogP contribution in [0.1, 0.15) is 16.1 Å². The van der Waals surface area contributed by atoms with E-state index < -0.39 is 21.5 Å². The van der Waals surface area contributed by atoms with Gasteiger partial charge in [-0.3, -0.25) is 19.0 Å². The highest BCUT2D eigenvalue weighted by atomic mass is 35.5. The number of nitrogens with zero attached hydrogens (tertiary/aromatic N) is 2. The summed E-state index contributed by atoms with van der Waals surface area (Å²) >= 11 is 6.25. The van der Waals surface area contributed by atoms with Gasteiger partial charge in [-0.25, -0.2) is 13.1 Å². The first-order chi connectivity index (χ1) is 18.2. The van der Waals surface area contributed by atoms with Crippen LogP contribution in [0, 0.1) is 6.92 Å². The highest BCUT2D eigenvalue weighted by Gasteiger charge is 2.25. The van der Waals surface area contributed by atoms with E-state index in [0.717, 1.165) is 10.8 Å². The summed E-state index contributed by atoms with van der Waals surface area (Å²) in [7, 11) is -2.66. The van der Waals surface area contributed by atoms with Crippen LogP contribution in [0.2, 0.25) is 5.02 Å². The van der Waals surface area contributed by atoms with Crippen LogP contribution < -0.4 is 15.6 Å². The summed E-state index contributed by atoms with van der Waals surface area (Å²) in [6.45, 7) is 1.63. The molecule has 5 rings (SSSR count). The third-order valence-corrected chi connectivity index (χ3v) is 8.11. The fourth-order valence-corrected chi connectivity index (χ4v) is 5.84. The Morgan fingerprint density at radius 2 is 1.55 bits per heavy atom. The minimum Gasteiger partial charge on any atom is -0.322 e. The second kappa shape index (κ2) is 9.85. The molecule has 5 aromatic rings. The monoisotopic (exact) mass is 546 g/mol. The summed E-state index contributed by atoms with van der Waals surface area (Å²) < 4.78 is 32.1. The second-order valence-corrected chi connectivity index (χ2v) is 10.8. The maximum Gasteiger partial charge on any atom is 0.296 e. The van der Waals surface area contributed by atoms with E-state index in [1.165, 1.54) is 22.9 Å². The number of halogens is 1. The number of carbonyl (C=O) groups is 1. The second-order valence-electron chi connectivity index (χ2n) is 8.70. The van der Waals surface area contributed by atoms with E-state index in [4.69, 9.17) is 11.6 Å². The smallest absolute Gasteiger partial charge is 0.296 e. The zero-order valence-corrected chi connectivity index (χ0v) is 22.0. The molecule has 4 aromatic carbocycles. The quantitative estimate of drug-likeness (QED) is 0.300. The van der Waals surface area contributed by atoms with Crippen LogP contribution in [0.3, 0.4) is 0 Å². The molecule has 8 nitrogen and oxygen atoms in total. The van der Waals surface area contributed by atoms with Gasteiger partial charge in [0.05, 0.1) is 16.4 Å². The molecule has 2 N–H and O–H groups in total. The maximum atomic E-state index is 13.4. The first-order valence-electron chi connectivity index (χ1n) is 11.6. The minimum atomic E-state index is -4.32. The van der Waals surface area contributed by atoms with Gasteiger partial charge in [0.2, 0.25) is 0 Å². The van der Waals surface area contributed by atoms with E-state index >= 15 is 0 Å². The first-order valence-corrected chi connectivity index (χ1v) is 13.5. The van der Waals surface area contributed by atoms with Crippen molar-refractivity contribution in [3.8, 4) is 5.69 Å². The number of anilines is 2. The third-order valence-electron chi connectivity index (χ3n) is 6.28. The van der Waals surface area contributed by atoms with Crippen molar-refractivity contribution in [3.05, 3.63) is 118 Å². The Balaban J connectivity index is 1.45. The van der Waals surface area contributed by atoms with Crippen molar-refractivity contribution in [2.24, 2.45) is 7.05 Å². The van der Waals surface area contributed by atoms with Crippen LogP contribution in [0.15, 0.2) is 101 Å². The molecule has 1 heterocycles. The Hall–Kier alpha value is -4.34. The number of nitrogens with one attached hydrogen (secondary N) is 2. The predicted molar refractivity (Wildman–Crippen MR) is 150 cm³/mol. The lowest BCUT2D eigenvalue weighted by molar-refractivity contribution is 0.102. The summed E-state index contributed by atoms with van der Waals surface area (Å²) in [5.74, 6) is -0.504. The normalized spacial score (nSPS) is 11.4. The van der Waals surface area contributed by atoms with E-state index in [1.807, 2.05) is 42.5 Å². The predicted octanol–water partition coefficient (Wildman–Crippen LogP) is 5.34. The topological polar surface area (TPSA) is 102 Å². The number of aromatic nitrogens is 2. The molecule has 0 saturated carbocycles. The molecule has 0 atom stereocenters. The number of para-hydroxylation sites is 1. The van der Waals surface area contributed by atoms with E-state index in [2.05, 4.69) is 10.0 Å². The Labute approximate surface area is 224 Å². The van der Waals surface area contributed by atoms with Crippen LogP contribution in [0.25, 0.3) is 16.5 Å². The molecular weight excluding hydrogens is 524 g/mol. The molecule has 1 amide bonds. The number of carbonyl (C=O) groups excluding carboxylic acids is 1. The minimum absolute atomic E-state index is 0.0864. The fourth-order valence-electron chi connectivity index (χ4n) is 4.20. The van der Waals surface area contributed by atoms with Crippen molar-refractivity contribution >= 4 is 49.7 Å². The highest BCUT2D eigenvalue weighted by Crippen LogP contribution is 2.27. The molecule has 0 aliphatic heterocycles. The standard InChI is InChI=1S/C28H23ClN4O4S/c1-18-26(28(35)33(32(18)2)23-10-4-3-5-11-23)31-38(36,37)25-17-21(13-15-24(25)29)27(34)30-22-14-12-19-8-6-7-9-20(19)16-22/h3-17,31H,1-2H3,(H,30,34). The Kier molecular flexibility index (Phi) is 6.56. The van der Waals surface area contributed by atoms with Gasteiger partial charge in [-0.1, -0.05) is 60.1 Å². The average molecular weight is 547 g/mol. The summed E-state index contributed by atoms with van der Waals surface area (Å²) in [5, 5.41) is 4.68. The summed E-state index contributed by atoms with van der Waals surface area (Å²) in [6.07, 6.45) is 0. The highest BCUT2D eigenvalue weighted by molar-refractivity contribution is 7.92. The SMILES string of the molecule is Cc1c(NS(=O)(=O)c2cc(C(=O)Nc3ccc4ccccc4c3)ccc2Cl)c(=O)n(-c2ccccc2)n1C. The molecule has 192 valence electrons. The van der Waals surface area contributed by atoms with Crippen molar-refractivity contribution < 1.29 is 13.2 Å². The fraction of sp³-hybridized carbons (Fsp3) is 0.0714. The van der Waals surface area contributed by atoms with Crippen LogP contribution in [-0.2, 0) is 17.1 Å². The molecule has 0 radical (unpaired) electrons. The average Bonchev–Trinajstić information content (AvgIpc) is 3.11. The number of sulfonamides is 1. The Morgan fingerprint density at radius 1 is 0.868 bits per heavy atom. The number of hydrogen-bond acceptors (Lipinski definition) is 4. The molecule has 0 bridgehead atoms. The Morgan fingerprint density at radius 3 is 2.29 bits per heavy atom. The maximum absolute atomic E-state index is 13.4. The summed E-state index contributed by atoms with van der Waals surface area (Å²) in [5.41, 5.74) is 0.990. The molecular formula is C28H23ClN4O4S. The van der Waals surface area contributed by atoms with E-state index in [9.17, 15) is 18.0 Å². The molecule has 0 aliphatic rings. The van der Waals surface area contributed by atoms with Crippen molar-refractivity contribution in [2.45, 2.75) is 11.8 Å². The molecule has 0 fully saturated rings. The van der Waals surface area contributed by atoms with Gasteiger partial charge in [-0.05, 0) is 60.2 Å². The van der Waals surface area contributed by atoms with Crippen LogP contribution >= 0.6 is 11.6 Å². The molecule has 10 heteroatoms. The zero-order chi connectivity index (χ0) is 27.0. The third kappa shape index (κ3) is 4.69. The van der Waals surface area contributed by atoms with Gasteiger partial charge >= 0.3 is 0 Å². The van der Waals surface area contributed by atoms with E-state index in [1.54, 1.807) is 49.0 Å². The lowest BCUT2D eigenvalue weighted by Crippen LogP contribution is -2.23. The van der Waals surface area contributed by atoms with Crippen molar-refractivity contribution in [1.82, 2.24) is 9.36 Å². The van der Waals surface area contributed by atoms with Crippen LogP contribution in [-0.4, -0.2) is 23.7 Å². The van der Waals surface area contributed by atoms with Crippen molar-refractivity contribution in [2.75, 3.05) is 10.0 Å². The number of hydrogen-bond donors (Lipinski definition) is 2. The van der Waals surface area contributed by atoms with Gasteiger partial charge in [0.25, 0.3) is 21.5 Å². The molecule has 0 unspecified atom stereocenters. The summed E-state index contributed by atoms with van der Waals surface area (Å²) in [6, 6.07) is 26.0. The molecule has 0 aliphatic carbocycles. The number of benzene rings is 4. The number of amides is 1. The van der Waals surface area contributed by atoms with Gasteiger partial charge in [0.15, 0.2) is 0 Å². The largest absolute Gasteiger partial charge is 0.322 e. The first kappa shape index (κ1) is 25.3. The van der Waals surface area contributed by atoms with Crippen molar-refractivity contribution in [3.63, 3.8) is 0 Å². The van der Waals surface area contributed by atoms with Gasteiger partial charge in [-0.15, -0.1) is 0 Å². The van der Waals surface area contributed by atoms with Gasteiger partial charge in [-0.2, -0.15) is 0 Å².